The predicted molar refractivity (Wildman–Crippen MR) is 83.8 cm³/mol. The molecule has 4 heteroatoms. The molecule has 0 spiro atoms. The number of hydrogen-bond donors (Lipinski definition) is 1. The van der Waals surface area contributed by atoms with Crippen LogP contribution in [0.2, 0.25) is 5.02 Å². The molecule has 0 heterocycles. The fraction of sp³-hybridized carbons (Fsp3) is 0.294. The van der Waals surface area contributed by atoms with E-state index >= 15 is 0 Å². The molecule has 2 rings (SSSR count). The van der Waals surface area contributed by atoms with Crippen molar-refractivity contribution >= 4 is 11.6 Å². The quantitative estimate of drug-likeness (QED) is 0.871. The summed E-state index contributed by atoms with van der Waals surface area (Å²) in [5, 5.41) is 10.8. The van der Waals surface area contributed by atoms with Crippen LogP contribution in [-0.2, 0) is 6.54 Å². The molecule has 0 saturated heterocycles. The van der Waals surface area contributed by atoms with Crippen molar-refractivity contribution in [2.75, 3.05) is 13.6 Å². The van der Waals surface area contributed by atoms with Crippen LogP contribution >= 0.6 is 11.6 Å². The standard InChI is InChI=1S/C17H19ClFNO/c1-20(12-14-5-2-3-8-16(14)19)10-9-17(21)13-6-4-7-15(18)11-13/h2-8,11,17,21H,9-10,12H2,1H3. The number of aliphatic hydroxyl groups is 1. The zero-order valence-electron chi connectivity index (χ0n) is 12.0. The van der Waals surface area contributed by atoms with Gasteiger partial charge >= 0.3 is 0 Å². The Morgan fingerprint density at radius 1 is 1.19 bits per heavy atom. The molecule has 0 fully saturated rings. The highest BCUT2D eigenvalue weighted by Crippen LogP contribution is 2.20. The van der Waals surface area contributed by atoms with Crippen molar-refractivity contribution < 1.29 is 9.50 Å². The van der Waals surface area contributed by atoms with Crippen molar-refractivity contribution in [2.24, 2.45) is 0 Å². The van der Waals surface area contributed by atoms with E-state index in [0.29, 0.717) is 30.1 Å². The SMILES string of the molecule is CN(CCC(O)c1cccc(Cl)c1)Cc1ccccc1F. The molecule has 0 radical (unpaired) electrons. The fourth-order valence-electron chi connectivity index (χ4n) is 2.22. The molecule has 1 unspecified atom stereocenters. The number of benzene rings is 2. The zero-order chi connectivity index (χ0) is 15.2. The molecule has 0 saturated carbocycles. The van der Waals surface area contributed by atoms with Gasteiger partial charge in [0.15, 0.2) is 0 Å². The van der Waals surface area contributed by atoms with Crippen molar-refractivity contribution in [3.05, 3.63) is 70.5 Å². The first-order valence-corrected chi connectivity index (χ1v) is 7.29. The molecule has 0 amide bonds. The van der Waals surface area contributed by atoms with Gasteiger partial charge in [0.05, 0.1) is 6.10 Å². The average molecular weight is 308 g/mol. The third-order valence-electron chi connectivity index (χ3n) is 3.42. The molecule has 2 aromatic carbocycles. The number of rotatable bonds is 6. The Labute approximate surface area is 129 Å². The highest BCUT2D eigenvalue weighted by atomic mass is 35.5. The Kier molecular flexibility index (Phi) is 5.74. The molecule has 2 aromatic rings. The Bertz CT molecular complexity index is 591. The van der Waals surface area contributed by atoms with Crippen LogP contribution in [0.25, 0.3) is 0 Å². The van der Waals surface area contributed by atoms with Gasteiger partial charge in [-0.1, -0.05) is 41.9 Å². The summed E-state index contributed by atoms with van der Waals surface area (Å²) in [6, 6.07) is 14.0. The van der Waals surface area contributed by atoms with E-state index in [2.05, 4.69) is 0 Å². The van der Waals surface area contributed by atoms with Gasteiger partial charge in [0.2, 0.25) is 0 Å². The summed E-state index contributed by atoms with van der Waals surface area (Å²) in [6.07, 6.45) is 0.0115. The van der Waals surface area contributed by atoms with E-state index < -0.39 is 6.10 Å². The van der Waals surface area contributed by atoms with E-state index in [4.69, 9.17) is 11.6 Å². The highest BCUT2D eigenvalue weighted by Gasteiger charge is 2.10. The maximum absolute atomic E-state index is 13.6. The smallest absolute Gasteiger partial charge is 0.127 e. The highest BCUT2D eigenvalue weighted by molar-refractivity contribution is 6.30. The van der Waals surface area contributed by atoms with Crippen molar-refractivity contribution in [2.45, 2.75) is 19.1 Å². The van der Waals surface area contributed by atoms with Crippen LogP contribution in [0, 0.1) is 5.82 Å². The maximum Gasteiger partial charge on any atom is 0.127 e. The summed E-state index contributed by atoms with van der Waals surface area (Å²) in [7, 11) is 1.91. The van der Waals surface area contributed by atoms with E-state index in [-0.39, 0.29) is 5.82 Å². The second-order valence-corrected chi connectivity index (χ2v) is 5.63. The number of halogens is 2. The van der Waals surface area contributed by atoms with E-state index in [9.17, 15) is 9.50 Å². The third-order valence-corrected chi connectivity index (χ3v) is 3.65. The van der Waals surface area contributed by atoms with Crippen LogP contribution in [-0.4, -0.2) is 23.6 Å². The lowest BCUT2D eigenvalue weighted by Gasteiger charge is -2.19. The molecule has 21 heavy (non-hydrogen) atoms. The van der Waals surface area contributed by atoms with Crippen LogP contribution in [0.4, 0.5) is 4.39 Å². The van der Waals surface area contributed by atoms with Gasteiger partial charge in [-0.25, -0.2) is 4.39 Å². The molecule has 0 aliphatic rings. The van der Waals surface area contributed by atoms with Crippen molar-refractivity contribution in [1.82, 2.24) is 4.90 Å². The summed E-state index contributed by atoms with van der Waals surface area (Å²) in [5.74, 6) is -0.195. The van der Waals surface area contributed by atoms with E-state index in [1.165, 1.54) is 6.07 Å². The van der Waals surface area contributed by atoms with Crippen molar-refractivity contribution in [3.63, 3.8) is 0 Å². The lowest BCUT2D eigenvalue weighted by Crippen LogP contribution is -2.21. The molecular weight excluding hydrogens is 289 g/mol. The number of hydrogen-bond acceptors (Lipinski definition) is 2. The summed E-state index contributed by atoms with van der Waals surface area (Å²) in [4.78, 5) is 1.99. The Morgan fingerprint density at radius 2 is 1.95 bits per heavy atom. The average Bonchev–Trinajstić information content (AvgIpc) is 2.47. The van der Waals surface area contributed by atoms with Gasteiger partial charge in [0, 0.05) is 23.7 Å². The molecular formula is C17H19ClFNO. The summed E-state index contributed by atoms with van der Waals surface area (Å²) in [6.45, 7) is 1.19. The van der Waals surface area contributed by atoms with Gasteiger partial charge in [0.1, 0.15) is 5.82 Å². The monoisotopic (exact) mass is 307 g/mol. The minimum absolute atomic E-state index is 0.195. The molecule has 0 aliphatic heterocycles. The van der Waals surface area contributed by atoms with Gasteiger partial charge in [-0.15, -0.1) is 0 Å². The summed E-state index contributed by atoms with van der Waals surface area (Å²) >= 11 is 5.91. The third kappa shape index (κ3) is 4.81. The maximum atomic E-state index is 13.6. The van der Waals surface area contributed by atoms with Crippen LogP contribution in [0.1, 0.15) is 23.7 Å². The second-order valence-electron chi connectivity index (χ2n) is 5.19. The molecule has 1 N–H and O–H groups in total. The second kappa shape index (κ2) is 7.55. The Morgan fingerprint density at radius 3 is 2.67 bits per heavy atom. The molecule has 2 nitrogen and oxygen atoms in total. The number of nitrogens with zero attached hydrogens (tertiary/aromatic N) is 1. The lowest BCUT2D eigenvalue weighted by molar-refractivity contribution is 0.147. The minimum Gasteiger partial charge on any atom is -0.388 e. The van der Waals surface area contributed by atoms with Gasteiger partial charge in [0.25, 0.3) is 0 Å². The van der Waals surface area contributed by atoms with E-state index in [1.807, 2.05) is 30.1 Å². The van der Waals surface area contributed by atoms with Crippen LogP contribution in [0.5, 0.6) is 0 Å². The normalized spacial score (nSPS) is 12.6. The van der Waals surface area contributed by atoms with Gasteiger partial charge in [-0.2, -0.15) is 0 Å². The van der Waals surface area contributed by atoms with Crippen LogP contribution in [0.3, 0.4) is 0 Å². The van der Waals surface area contributed by atoms with Crippen LogP contribution < -0.4 is 0 Å². The molecule has 0 aliphatic carbocycles. The van der Waals surface area contributed by atoms with Crippen LogP contribution in [0.15, 0.2) is 48.5 Å². The van der Waals surface area contributed by atoms with Gasteiger partial charge in [-0.3, -0.25) is 0 Å². The molecule has 0 bridgehead atoms. The van der Waals surface area contributed by atoms with Gasteiger partial charge in [-0.05, 0) is 37.2 Å². The van der Waals surface area contributed by atoms with E-state index in [1.54, 1.807) is 24.3 Å². The first-order chi connectivity index (χ1) is 10.1. The number of aliphatic hydroxyl groups excluding tert-OH is 1. The first-order valence-electron chi connectivity index (χ1n) is 6.92. The largest absolute Gasteiger partial charge is 0.388 e. The summed E-state index contributed by atoms with van der Waals surface area (Å²) in [5.41, 5.74) is 1.47. The first kappa shape index (κ1) is 16.0. The summed E-state index contributed by atoms with van der Waals surface area (Å²) < 4.78 is 13.6. The minimum atomic E-state index is -0.563. The van der Waals surface area contributed by atoms with Crippen molar-refractivity contribution in [3.8, 4) is 0 Å². The fourth-order valence-corrected chi connectivity index (χ4v) is 2.42. The molecule has 1 atom stereocenters. The topological polar surface area (TPSA) is 23.5 Å². The lowest BCUT2D eigenvalue weighted by atomic mass is 10.1. The Hall–Kier alpha value is -1.42. The predicted octanol–water partition coefficient (Wildman–Crippen LogP) is 4.03. The zero-order valence-corrected chi connectivity index (χ0v) is 12.7. The van der Waals surface area contributed by atoms with Gasteiger partial charge < -0.3 is 10.0 Å². The van der Waals surface area contributed by atoms with Crippen molar-refractivity contribution in [1.29, 1.82) is 0 Å². The Balaban J connectivity index is 1.86. The van der Waals surface area contributed by atoms with E-state index in [0.717, 1.165) is 5.56 Å². The molecule has 0 aromatic heterocycles. The molecule has 112 valence electrons.